The van der Waals surface area contributed by atoms with Crippen LogP contribution in [0.15, 0.2) is 35.3 Å². The summed E-state index contributed by atoms with van der Waals surface area (Å²) in [5.41, 5.74) is 22.4. The quantitative estimate of drug-likeness (QED) is 0.0171. The van der Waals surface area contributed by atoms with Crippen LogP contribution in [0.25, 0.3) is 0 Å². The second kappa shape index (κ2) is 33.7. The number of aliphatic hydroxyl groups is 1. The highest BCUT2D eigenvalue weighted by molar-refractivity contribution is 5.98. The van der Waals surface area contributed by atoms with Crippen molar-refractivity contribution < 1.29 is 72.9 Å². The smallest absolute Gasteiger partial charge is 0.322 e. The van der Waals surface area contributed by atoms with E-state index in [0.717, 1.165) is 0 Å². The summed E-state index contributed by atoms with van der Waals surface area (Å²) < 4.78 is 0. The Hall–Kier alpha value is -7.95. The van der Waals surface area contributed by atoms with Crippen molar-refractivity contribution in [1.29, 1.82) is 0 Å². The van der Waals surface area contributed by atoms with E-state index in [1.807, 2.05) is 0 Å². The number of aliphatic imine (C=N–C) groups is 1. The molecule has 0 unspecified atom stereocenters. The van der Waals surface area contributed by atoms with Gasteiger partial charge in [-0.25, -0.2) is 0 Å². The summed E-state index contributed by atoms with van der Waals surface area (Å²) in [5, 5.41) is 49.7. The average Bonchev–Trinajstić information content (AvgIpc) is 3.32. The zero-order valence-electron chi connectivity index (χ0n) is 42.6. The summed E-state index contributed by atoms with van der Waals surface area (Å²) >= 11 is 0. The lowest BCUT2D eigenvalue weighted by molar-refractivity contribution is -0.142. The minimum atomic E-state index is -1.79. The summed E-state index contributed by atoms with van der Waals surface area (Å²) in [5.74, 6) is -12.9. The maximum atomic E-state index is 13.9. The fourth-order valence-corrected chi connectivity index (χ4v) is 6.85. The summed E-state index contributed by atoms with van der Waals surface area (Å²) in [7, 11) is 0. The first-order valence-electron chi connectivity index (χ1n) is 24.0. The van der Waals surface area contributed by atoms with Crippen molar-refractivity contribution in [2.24, 2.45) is 39.8 Å². The molecule has 0 heterocycles. The van der Waals surface area contributed by atoms with Gasteiger partial charge in [-0.1, -0.05) is 58.0 Å². The predicted molar refractivity (Wildman–Crippen MR) is 268 cm³/mol. The van der Waals surface area contributed by atoms with E-state index >= 15 is 0 Å². The standard InChI is InChI=1S/C46H74N14O15/c1-23(2)16-29(43(73)58-31(18-26-10-7-6-8-11-26)45(75)59-32(19-36(64)65)42(72)54-25(5)38(68)53-21-37(66)67)55-35(63)20-52-40(70)33(22-61)60-44(74)30(17-24(3)4)57-41(71)28(13-14-34(48)62)56-39(69)27(47)12-9-15-51-46(49)50/h6-8,10-11,23-25,27-33,61H,9,12-22,47H2,1-5H3,(H2,48,62)(H,52,70)(H,53,68)(H,54,72)(H,55,63)(H,56,69)(H,57,71)(H,58,73)(H,59,75)(H,60,74)(H,64,65)(H,66,67)(H4,49,50,51)/t25-,27-,28-,29-,30-,31-,32-,33-/m0/s1. The number of rotatable bonds is 35. The van der Waals surface area contributed by atoms with E-state index in [9.17, 15) is 67.7 Å². The Kier molecular flexibility index (Phi) is 29.2. The topological polar surface area (TPSA) is 490 Å². The number of benzene rings is 1. The van der Waals surface area contributed by atoms with Crippen molar-refractivity contribution in [2.45, 2.75) is 134 Å². The fourth-order valence-electron chi connectivity index (χ4n) is 6.85. The number of aliphatic hydroxyl groups excluding tert-OH is 1. The van der Waals surface area contributed by atoms with E-state index < -0.39 is 145 Å². The number of hydrogen-bond donors (Lipinski definition) is 16. The Balaban J connectivity index is 3.21. The van der Waals surface area contributed by atoms with E-state index in [1.165, 1.54) is 6.92 Å². The molecule has 1 aromatic rings. The summed E-state index contributed by atoms with van der Waals surface area (Å²) in [6, 6.07) is -3.34. The van der Waals surface area contributed by atoms with Crippen molar-refractivity contribution in [2.75, 3.05) is 26.2 Å². The zero-order chi connectivity index (χ0) is 56.9. The average molecular weight is 1060 g/mol. The largest absolute Gasteiger partial charge is 0.481 e. The molecular weight excluding hydrogens is 989 g/mol. The molecular formula is C46H74N14O15. The van der Waals surface area contributed by atoms with Crippen molar-refractivity contribution in [3.05, 3.63) is 35.9 Å². The number of hydrogen-bond acceptors (Lipinski definition) is 15. The van der Waals surface area contributed by atoms with E-state index in [2.05, 4.69) is 52.8 Å². The van der Waals surface area contributed by atoms with Gasteiger partial charge in [0, 0.05) is 19.4 Å². The highest BCUT2D eigenvalue weighted by Gasteiger charge is 2.34. The second-order valence-electron chi connectivity index (χ2n) is 18.3. The van der Waals surface area contributed by atoms with Gasteiger partial charge in [-0.05, 0) is 56.4 Å². The summed E-state index contributed by atoms with van der Waals surface area (Å²) in [4.78, 5) is 158. The van der Waals surface area contributed by atoms with Gasteiger partial charge < -0.3 is 86.1 Å². The molecule has 1 aromatic carbocycles. The fraction of sp³-hybridized carbons (Fsp3) is 0.587. The Morgan fingerprint density at radius 1 is 0.547 bits per heavy atom. The molecule has 75 heavy (non-hydrogen) atoms. The van der Waals surface area contributed by atoms with E-state index in [0.29, 0.717) is 12.0 Å². The number of primary amides is 1. The molecule has 0 spiro atoms. The molecule has 0 fully saturated rings. The molecule has 0 saturated heterocycles. The maximum absolute atomic E-state index is 13.9. The Bertz CT molecular complexity index is 2170. The van der Waals surface area contributed by atoms with E-state index in [-0.39, 0.29) is 62.9 Å². The van der Waals surface area contributed by atoms with Crippen LogP contribution in [0.4, 0.5) is 0 Å². The first kappa shape index (κ1) is 65.1. The van der Waals surface area contributed by atoms with Crippen LogP contribution in [-0.2, 0) is 64.0 Å². The first-order chi connectivity index (χ1) is 35.1. The van der Waals surface area contributed by atoms with Crippen LogP contribution in [0.2, 0.25) is 0 Å². The van der Waals surface area contributed by atoms with Gasteiger partial charge >= 0.3 is 11.9 Å². The molecule has 0 aliphatic rings. The molecule has 29 heteroatoms. The van der Waals surface area contributed by atoms with Crippen LogP contribution in [0.1, 0.15) is 85.1 Å². The lowest BCUT2D eigenvalue weighted by Crippen LogP contribution is -2.59. The van der Waals surface area contributed by atoms with Crippen molar-refractivity contribution in [3.8, 4) is 0 Å². The SMILES string of the molecule is CC(C)C[C@H](NC(=O)CNC(=O)[C@H](CO)NC(=O)[C@H](CC(C)C)NC(=O)[C@H](CCC(N)=O)NC(=O)[C@@H](N)CCCN=C(N)N)C(=O)N[C@@H](Cc1ccccc1)C(=O)N[C@@H](CC(=O)O)C(=O)N[C@@H](C)C(=O)NCC(=O)O. The molecule has 10 amide bonds. The third kappa shape index (κ3) is 27.1. The molecule has 418 valence electrons. The number of amides is 10. The third-order valence-electron chi connectivity index (χ3n) is 10.6. The number of carbonyl (C=O) groups excluding carboxylic acids is 10. The van der Waals surface area contributed by atoms with Crippen LogP contribution >= 0.6 is 0 Å². The minimum absolute atomic E-state index is 0.0110. The molecule has 0 radical (unpaired) electrons. The van der Waals surface area contributed by atoms with Gasteiger partial charge in [0.05, 0.1) is 25.6 Å². The monoisotopic (exact) mass is 1060 g/mol. The lowest BCUT2D eigenvalue weighted by Gasteiger charge is -2.27. The van der Waals surface area contributed by atoms with E-state index in [1.54, 1.807) is 58.0 Å². The molecule has 0 aromatic heterocycles. The highest BCUT2D eigenvalue weighted by Crippen LogP contribution is 2.11. The number of carboxylic acid groups (broad SMARTS) is 2. The van der Waals surface area contributed by atoms with Crippen LogP contribution in [0.3, 0.4) is 0 Å². The number of carboxylic acids is 2. The molecule has 0 bridgehead atoms. The molecule has 29 nitrogen and oxygen atoms in total. The number of aliphatic carboxylic acids is 2. The second-order valence-corrected chi connectivity index (χ2v) is 18.3. The van der Waals surface area contributed by atoms with Crippen LogP contribution in [0, 0.1) is 11.8 Å². The normalized spacial score (nSPS) is 14.1. The van der Waals surface area contributed by atoms with Gasteiger partial charge in [0.25, 0.3) is 0 Å². The van der Waals surface area contributed by atoms with Gasteiger partial charge in [0.2, 0.25) is 59.1 Å². The molecule has 0 aliphatic carbocycles. The van der Waals surface area contributed by atoms with Gasteiger partial charge in [0.1, 0.15) is 48.8 Å². The van der Waals surface area contributed by atoms with Gasteiger partial charge in [-0.15, -0.1) is 0 Å². The Labute approximate surface area is 433 Å². The predicted octanol–water partition coefficient (Wildman–Crippen LogP) is -5.83. The minimum Gasteiger partial charge on any atom is -0.481 e. The van der Waals surface area contributed by atoms with Gasteiger partial charge in [-0.3, -0.25) is 62.5 Å². The summed E-state index contributed by atoms with van der Waals surface area (Å²) in [6.07, 6.45) is -1.36. The third-order valence-corrected chi connectivity index (χ3v) is 10.6. The van der Waals surface area contributed by atoms with Crippen molar-refractivity contribution in [1.82, 2.24) is 47.9 Å². The first-order valence-corrected chi connectivity index (χ1v) is 24.0. The number of nitrogens with two attached hydrogens (primary N) is 4. The van der Waals surface area contributed by atoms with Crippen LogP contribution in [0.5, 0.6) is 0 Å². The zero-order valence-corrected chi connectivity index (χ0v) is 42.6. The Morgan fingerprint density at radius 2 is 1.04 bits per heavy atom. The molecule has 1 rings (SSSR count). The number of carbonyl (C=O) groups is 12. The van der Waals surface area contributed by atoms with Gasteiger partial charge in [0.15, 0.2) is 5.96 Å². The lowest BCUT2D eigenvalue weighted by atomic mass is 10.0. The molecule has 0 saturated carbocycles. The maximum Gasteiger partial charge on any atom is 0.322 e. The summed E-state index contributed by atoms with van der Waals surface area (Å²) in [6.45, 7) is 5.70. The van der Waals surface area contributed by atoms with Crippen LogP contribution in [-0.4, -0.2) is 167 Å². The molecule has 0 aliphatic heterocycles. The van der Waals surface area contributed by atoms with Crippen LogP contribution < -0.4 is 70.8 Å². The number of guanidine groups is 1. The van der Waals surface area contributed by atoms with Crippen molar-refractivity contribution >= 4 is 77.0 Å². The van der Waals surface area contributed by atoms with E-state index in [4.69, 9.17) is 28.0 Å². The molecule has 20 N–H and O–H groups in total. The Morgan fingerprint density at radius 3 is 1.57 bits per heavy atom. The highest BCUT2D eigenvalue weighted by atomic mass is 16.4. The molecule has 8 atom stereocenters. The van der Waals surface area contributed by atoms with Gasteiger partial charge in [-0.2, -0.15) is 0 Å². The van der Waals surface area contributed by atoms with Crippen molar-refractivity contribution in [3.63, 3.8) is 0 Å². The number of nitrogens with one attached hydrogen (secondary N) is 9. The number of nitrogens with zero attached hydrogens (tertiary/aromatic N) is 1.